The first-order chi connectivity index (χ1) is 17.0. The summed E-state index contributed by atoms with van der Waals surface area (Å²) in [5.74, 6) is -4.50. The van der Waals surface area contributed by atoms with Crippen LogP contribution in [0.15, 0.2) is 0 Å². The van der Waals surface area contributed by atoms with Crippen molar-refractivity contribution < 1.29 is 62.2 Å². The predicted molar refractivity (Wildman–Crippen MR) is 116 cm³/mol. The van der Waals surface area contributed by atoms with Crippen molar-refractivity contribution in [2.45, 2.75) is 57.6 Å². The van der Waals surface area contributed by atoms with Crippen molar-refractivity contribution in [1.82, 2.24) is 10.6 Å². The van der Waals surface area contributed by atoms with Crippen LogP contribution < -0.4 is 10.6 Å². The normalized spacial score (nSPS) is 28.8. The lowest BCUT2D eigenvalue weighted by Gasteiger charge is -2.35. The smallest absolute Gasteiger partial charge is 0.407 e. The molecular formula is C21H34N2O13. The Morgan fingerprint density at radius 3 is 1.42 bits per heavy atom. The molecule has 2 aliphatic heterocycles. The summed E-state index contributed by atoms with van der Waals surface area (Å²) in [6.45, 7) is 5.61. The fourth-order valence-corrected chi connectivity index (χ4v) is 2.94. The van der Waals surface area contributed by atoms with Crippen molar-refractivity contribution in [1.29, 1.82) is 0 Å². The molecule has 2 saturated heterocycles. The lowest BCUT2D eigenvalue weighted by Crippen LogP contribution is -2.52. The standard InChI is InChI=1S/C21H34N2O13/c1-5-29-16(25)20(3)31-9-14(10-32-20)35-18(27)22-7-13(24)8-23-19(28)36-15-11-33-21(4,34-12-15)17(26)30-6-2/h13-15,24H,5-12H2,1-4H3,(H,22,27)(H,23,28). The number of hydrogen-bond acceptors (Lipinski definition) is 13. The summed E-state index contributed by atoms with van der Waals surface area (Å²) < 4.78 is 41.3. The van der Waals surface area contributed by atoms with E-state index in [9.17, 15) is 24.3 Å². The van der Waals surface area contributed by atoms with Gasteiger partial charge in [0.25, 0.3) is 11.6 Å². The summed E-state index contributed by atoms with van der Waals surface area (Å²) in [6, 6.07) is 0. The van der Waals surface area contributed by atoms with Crippen molar-refractivity contribution in [3.05, 3.63) is 0 Å². The Bertz CT molecular complexity index is 699. The van der Waals surface area contributed by atoms with Gasteiger partial charge in [0.05, 0.1) is 45.7 Å². The van der Waals surface area contributed by atoms with E-state index >= 15 is 0 Å². The molecule has 0 aliphatic carbocycles. The van der Waals surface area contributed by atoms with Crippen LogP contribution in [0.2, 0.25) is 0 Å². The number of carbonyl (C=O) groups excluding carboxylic acids is 4. The van der Waals surface area contributed by atoms with E-state index < -0.39 is 54.0 Å². The number of hydrogen-bond donors (Lipinski definition) is 3. The highest BCUT2D eigenvalue weighted by molar-refractivity contribution is 5.78. The van der Waals surface area contributed by atoms with Gasteiger partial charge in [-0.05, 0) is 13.8 Å². The predicted octanol–water partition coefficient (Wildman–Crippen LogP) is -0.811. The number of amides is 2. The Labute approximate surface area is 207 Å². The molecule has 0 aromatic heterocycles. The minimum absolute atomic E-state index is 0.0911. The molecule has 206 valence electrons. The number of rotatable bonds is 10. The van der Waals surface area contributed by atoms with E-state index in [0.29, 0.717) is 0 Å². The van der Waals surface area contributed by atoms with E-state index in [2.05, 4.69) is 10.6 Å². The van der Waals surface area contributed by atoms with Gasteiger partial charge in [-0.1, -0.05) is 0 Å². The second kappa shape index (κ2) is 13.5. The zero-order chi connectivity index (χ0) is 26.8. The monoisotopic (exact) mass is 522 g/mol. The molecular weight excluding hydrogens is 488 g/mol. The minimum Gasteiger partial charge on any atom is -0.462 e. The average molecular weight is 523 g/mol. The Hall–Kier alpha value is -2.72. The van der Waals surface area contributed by atoms with Crippen LogP contribution in [0.25, 0.3) is 0 Å². The van der Waals surface area contributed by atoms with Gasteiger partial charge in [-0.3, -0.25) is 0 Å². The molecule has 2 heterocycles. The van der Waals surface area contributed by atoms with Gasteiger partial charge in [0.2, 0.25) is 0 Å². The van der Waals surface area contributed by atoms with E-state index in [1.807, 2.05) is 0 Å². The summed E-state index contributed by atoms with van der Waals surface area (Å²) >= 11 is 0. The fourth-order valence-electron chi connectivity index (χ4n) is 2.94. The lowest BCUT2D eigenvalue weighted by atomic mass is 10.2. The number of carbonyl (C=O) groups is 4. The molecule has 0 spiro atoms. The number of aliphatic hydroxyl groups is 1. The zero-order valence-electron chi connectivity index (χ0n) is 20.7. The highest BCUT2D eigenvalue weighted by Gasteiger charge is 2.44. The summed E-state index contributed by atoms with van der Waals surface area (Å²) in [4.78, 5) is 47.5. The molecule has 0 bridgehead atoms. The van der Waals surface area contributed by atoms with Crippen molar-refractivity contribution in [3.63, 3.8) is 0 Å². The first kappa shape index (κ1) is 29.5. The Morgan fingerprint density at radius 2 is 1.11 bits per heavy atom. The number of alkyl carbamates (subject to hydrolysis) is 2. The molecule has 0 atom stereocenters. The van der Waals surface area contributed by atoms with Gasteiger partial charge in [-0.2, -0.15) is 0 Å². The van der Waals surface area contributed by atoms with Gasteiger partial charge in [0.15, 0.2) is 12.2 Å². The molecule has 15 heteroatoms. The third-order valence-corrected chi connectivity index (χ3v) is 4.98. The maximum Gasteiger partial charge on any atom is 0.407 e. The van der Waals surface area contributed by atoms with Crippen molar-refractivity contribution in [2.24, 2.45) is 0 Å². The molecule has 0 saturated carbocycles. The van der Waals surface area contributed by atoms with Crippen LogP contribution in [0.1, 0.15) is 27.7 Å². The molecule has 3 N–H and O–H groups in total. The number of ether oxygens (including phenoxy) is 8. The molecule has 0 radical (unpaired) electrons. The molecule has 2 amide bonds. The molecule has 0 unspecified atom stereocenters. The highest BCUT2D eigenvalue weighted by atomic mass is 16.8. The van der Waals surface area contributed by atoms with Crippen LogP contribution >= 0.6 is 0 Å². The molecule has 2 fully saturated rings. The molecule has 0 aromatic carbocycles. The maximum atomic E-state index is 11.9. The topological polar surface area (TPSA) is 186 Å². The van der Waals surface area contributed by atoms with Gasteiger partial charge in [0.1, 0.15) is 0 Å². The molecule has 2 rings (SSSR count). The highest BCUT2D eigenvalue weighted by Crippen LogP contribution is 2.22. The summed E-state index contributed by atoms with van der Waals surface area (Å²) in [6.07, 6.45) is -4.40. The second-order valence-electron chi connectivity index (χ2n) is 8.05. The van der Waals surface area contributed by atoms with Crippen LogP contribution in [0, 0.1) is 0 Å². The van der Waals surface area contributed by atoms with Gasteiger partial charge >= 0.3 is 24.1 Å². The zero-order valence-corrected chi connectivity index (χ0v) is 20.7. The van der Waals surface area contributed by atoms with Crippen molar-refractivity contribution in [2.75, 3.05) is 52.7 Å². The molecule has 0 aromatic rings. The second-order valence-corrected chi connectivity index (χ2v) is 8.05. The van der Waals surface area contributed by atoms with Crippen molar-refractivity contribution >= 4 is 24.1 Å². The first-order valence-electron chi connectivity index (χ1n) is 11.5. The van der Waals surface area contributed by atoms with Crippen molar-refractivity contribution in [3.8, 4) is 0 Å². The molecule has 2 aliphatic rings. The Morgan fingerprint density at radius 1 is 0.778 bits per heavy atom. The van der Waals surface area contributed by atoms with Gasteiger partial charge in [-0.15, -0.1) is 0 Å². The van der Waals surface area contributed by atoms with Crippen LogP contribution in [0.3, 0.4) is 0 Å². The number of aliphatic hydroxyl groups excluding tert-OH is 1. The van der Waals surface area contributed by atoms with Gasteiger partial charge in [0, 0.05) is 26.9 Å². The van der Waals surface area contributed by atoms with Crippen LogP contribution in [0.5, 0.6) is 0 Å². The van der Waals surface area contributed by atoms with E-state index in [1.165, 1.54) is 13.8 Å². The third-order valence-electron chi connectivity index (χ3n) is 4.98. The summed E-state index contributed by atoms with van der Waals surface area (Å²) in [7, 11) is 0. The quantitative estimate of drug-likeness (QED) is 0.239. The SMILES string of the molecule is CCOC(=O)C1(C)OCC(OC(=O)NCC(O)CNC(=O)OC2COC(C)(C(=O)OCC)OC2)CO1. The summed E-state index contributed by atoms with van der Waals surface area (Å²) in [5.41, 5.74) is 0. The average Bonchev–Trinajstić information content (AvgIpc) is 2.85. The minimum atomic E-state index is -1.57. The van der Waals surface area contributed by atoms with E-state index in [-0.39, 0.29) is 52.7 Å². The van der Waals surface area contributed by atoms with Gasteiger partial charge in [-0.25, -0.2) is 19.2 Å². The maximum absolute atomic E-state index is 11.9. The molecule has 15 nitrogen and oxygen atoms in total. The third kappa shape index (κ3) is 8.74. The van der Waals surface area contributed by atoms with Gasteiger partial charge < -0.3 is 53.6 Å². The first-order valence-corrected chi connectivity index (χ1v) is 11.5. The van der Waals surface area contributed by atoms with Crippen LogP contribution in [-0.4, -0.2) is 112 Å². The summed E-state index contributed by atoms with van der Waals surface area (Å²) in [5, 5.41) is 14.7. The Kier molecular flexibility index (Phi) is 11.1. The molecule has 36 heavy (non-hydrogen) atoms. The van der Waals surface area contributed by atoms with Crippen LogP contribution in [0.4, 0.5) is 9.59 Å². The Balaban J connectivity index is 1.60. The number of esters is 2. The fraction of sp³-hybridized carbons (Fsp3) is 0.810. The van der Waals surface area contributed by atoms with E-state index in [0.717, 1.165) is 0 Å². The van der Waals surface area contributed by atoms with Crippen LogP contribution in [-0.2, 0) is 47.5 Å². The van der Waals surface area contributed by atoms with E-state index in [4.69, 9.17) is 37.9 Å². The number of nitrogens with one attached hydrogen (secondary N) is 2. The van der Waals surface area contributed by atoms with E-state index in [1.54, 1.807) is 13.8 Å². The largest absolute Gasteiger partial charge is 0.462 e. The lowest BCUT2D eigenvalue weighted by molar-refractivity contribution is -0.280.